The first-order chi connectivity index (χ1) is 7.66. The van der Waals surface area contributed by atoms with Gasteiger partial charge in [-0.1, -0.05) is 0 Å². The molecule has 0 spiro atoms. The van der Waals surface area contributed by atoms with E-state index < -0.39 is 11.6 Å². The van der Waals surface area contributed by atoms with Crippen molar-refractivity contribution in [3.05, 3.63) is 28.2 Å². The second kappa shape index (κ2) is 3.67. The Labute approximate surface area is 100 Å². The van der Waals surface area contributed by atoms with E-state index in [1.807, 2.05) is 4.90 Å². The van der Waals surface area contributed by atoms with Crippen molar-refractivity contribution in [2.24, 2.45) is 0 Å². The molecule has 0 radical (unpaired) electrons. The maximum Gasteiger partial charge on any atom is 0.183 e. The van der Waals surface area contributed by atoms with E-state index in [1.54, 1.807) is 12.1 Å². The fourth-order valence-corrected chi connectivity index (χ4v) is 2.74. The summed E-state index contributed by atoms with van der Waals surface area (Å²) in [6, 6.07) is 3.35. The molecule has 2 saturated heterocycles. The lowest BCUT2D eigenvalue weighted by molar-refractivity contribution is 0.0989. The number of hydrogen-bond donors (Lipinski definition) is 0. The van der Waals surface area contributed by atoms with Crippen molar-refractivity contribution >= 4 is 21.6 Å². The predicted molar refractivity (Wildman–Crippen MR) is 59.5 cm³/mol. The van der Waals surface area contributed by atoms with Crippen LogP contribution < -0.4 is 4.90 Å². The fraction of sp³-hybridized carbons (Fsp3) is 0.455. The monoisotopic (exact) mass is 289 g/mol. The van der Waals surface area contributed by atoms with Crippen molar-refractivity contribution in [2.75, 3.05) is 18.1 Å². The van der Waals surface area contributed by atoms with Crippen LogP contribution >= 0.6 is 15.9 Å². The Morgan fingerprint density at radius 1 is 1.31 bits per heavy atom. The number of hydrogen-bond acceptors (Lipinski definition) is 2. The highest BCUT2D eigenvalue weighted by atomic mass is 79.9. The fourth-order valence-electron chi connectivity index (χ4n) is 2.43. The van der Waals surface area contributed by atoms with Gasteiger partial charge in [0.25, 0.3) is 0 Å². The summed E-state index contributed by atoms with van der Waals surface area (Å²) in [6.45, 7) is 1.27. The van der Waals surface area contributed by atoms with Gasteiger partial charge in [-0.15, -0.1) is 0 Å². The quantitative estimate of drug-likeness (QED) is 0.737. The molecule has 3 rings (SSSR count). The molecule has 2 fully saturated rings. The molecular weight excluding hydrogens is 280 g/mol. The summed E-state index contributed by atoms with van der Waals surface area (Å²) in [5.41, 5.74) is 0.344. The highest BCUT2D eigenvalue weighted by Gasteiger charge is 2.40. The van der Waals surface area contributed by atoms with Crippen molar-refractivity contribution in [1.82, 2.24) is 0 Å². The summed E-state index contributed by atoms with van der Waals surface area (Å²) in [6.07, 6.45) is 1.09. The molecule has 2 aliphatic rings. The van der Waals surface area contributed by atoms with Crippen LogP contribution in [0, 0.1) is 11.6 Å². The summed E-state index contributed by atoms with van der Waals surface area (Å²) in [5, 5.41) is 0. The van der Waals surface area contributed by atoms with Crippen molar-refractivity contribution in [3.8, 4) is 0 Å². The molecule has 16 heavy (non-hydrogen) atoms. The standard InChI is InChI=1S/C11H10BrF2NO/c12-8-1-2-9(11(14)10(8)13)15-4-7-3-6(15)5-16-7/h1-2,6-7H,3-5H2/t6-,7-/m0/s1. The van der Waals surface area contributed by atoms with E-state index in [0.717, 1.165) is 6.42 Å². The normalized spacial score (nSPS) is 27.8. The number of anilines is 1. The average molecular weight is 290 g/mol. The van der Waals surface area contributed by atoms with E-state index in [0.29, 0.717) is 18.8 Å². The Hall–Kier alpha value is -0.680. The maximum atomic E-state index is 13.8. The largest absolute Gasteiger partial charge is 0.374 e. The first-order valence-corrected chi connectivity index (χ1v) is 5.98. The highest BCUT2D eigenvalue weighted by Crippen LogP contribution is 2.35. The molecular formula is C11H10BrF2NO. The van der Waals surface area contributed by atoms with Gasteiger partial charge in [-0.25, -0.2) is 8.78 Å². The smallest absolute Gasteiger partial charge is 0.183 e. The molecule has 2 nitrogen and oxygen atoms in total. The summed E-state index contributed by atoms with van der Waals surface area (Å²) >= 11 is 2.97. The van der Waals surface area contributed by atoms with Crippen LogP contribution in [0.15, 0.2) is 16.6 Å². The van der Waals surface area contributed by atoms with Gasteiger partial charge in [0.2, 0.25) is 0 Å². The van der Waals surface area contributed by atoms with Crippen LogP contribution in [-0.2, 0) is 4.74 Å². The molecule has 0 saturated carbocycles. The second-order valence-electron chi connectivity index (χ2n) is 4.19. The molecule has 86 valence electrons. The van der Waals surface area contributed by atoms with Crippen molar-refractivity contribution in [1.29, 1.82) is 0 Å². The molecule has 0 aromatic heterocycles. The summed E-state index contributed by atoms with van der Waals surface area (Å²) in [7, 11) is 0. The third-order valence-corrected chi connectivity index (χ3v) is 3.84. The van der Waals surface area contributed by atoms with Gasteiger partial charge in [0.15, 0.2) is 11.6 Å². The number of fused-ring (bicyclic) bond motifs is 2. The van der Waals surface area contributed by atoms with Gasteiger partial charge in [-0.05, 0) is 34.5 Å². The number of benzene rings is 1. The minimum Gasteiger partial charge on any atom is -0.374 e. The molecule has 2 heterocycles. The first kappa shape index (κ1) is 10.5. The van der Waals surface area contributed by atoms with Crippen LogP contribution in [0.25, 0.3) is 0 Å². The third-order valence-electron chi connectivity index (χ3n) is 3.22. The maximum absolute atomic E-state index is 13.8. The molecule has 1 aromatic carbocycles. The van der Waals surface area contributed by atoms with Gasteiger partial charge >= 0.3 is 0 Å². The van der Waals surface area contributed by atoms with Gasteiger partial charge in [-0.3, -0.25) is 0 Å². The van der Waals surface area contributed by atoms with Crippen molar-refractivity contribution < 1.29 is 13.5 Å². The van der Waals surface area contributed by atoms with E-state index in [2.05, 4.69) is 15.9 Å². The minimum absolute atomic E-state index is 0.161. The van der Waals surface area contributed by atoms with Crippen LogP contribution in [0.2, 0.25) is 0 Å². The van der Waals surface area contributed by atoms with Crippen LogP contribution in [0.3, 0.4) is 0 Å². The number of morpholine rings is 1. The van der Waals surface area contributed by atoms with E-state index in [9.17, 15) is 8.78 Å². The zero-order valence-corrected chi connectivity index (χ0v) is 10.0. The first-order valence-electron chi connectivity index (χ1n) is 5.18. The number of ether oxygens (including phenoxy) is 1. The SMILES string of the molecule is Fc1c(Br)ccc(N2C[C@@H]3C[C@H]2CO3)c1F. The molecule has 0 N–H and O–H groups in total. The molecule has 2 aliphatic heterocycles. The Morgan fingerprint density at radius 3 is 2.75 bits per heavy atom. The Bertz CT molecular complexity index is 440. The van der Waals surface area contributed by atoms with E-state index in [4.69, 9.17) is 4.74 Å². The topological polar surface area (TPSA) is 12.5 Å². The number of nitrogens with zero attached hydrogens (tertiary/aromatic N) is 1. The lowest BCUT2D eigenvalue weighted by Crippen LogP contribution is -2.37. The van der Waals surface area contributed by atoms with Gasteiger partial charge in [0.1, 0.15) is 0 Å². The predicted octanol–water partition coefficient (Wildman–Crippen LogP) is 2.70. The van der Waals surface area contributed by atoms with E-state index in [-0.39, 0.29) is 16.6 Å². The highest BCUT2D eigenvalue weighted by molar-refractivity contribution is 9.10. The Balaban J connectivity index is 1.98. The zero-order chi connectivity index (χ0) is 11.3. The van der Waals surface area contributed by atoms with E-state index in [1.165, 1.54) is 0 Å². The molecule has 0 unspecified atom stereocenters. The van der Waals surface area contributed by atoms with Crippen molar-refractivity contribution in [2.45, 2.75) is 18.6 Å². The van der Waals surface area contributed by atoms with Gasteiger partial charge < -0.3 is 9.64 Å². The van der Waals surface area contributed by atoms with Crippen LogP contribution in [0.5, 0.6) is 0 Å². The second-order valence-corrected chi connectivity index (χ2v) is 5.05. The van der Waals surface area contributed by atoms with Crippen LogP contribution in [0.1, 0.15) is 6.42 Å². The Morgan fingerprint density at radius 2 is 2.12 bits per heavy atom. The van der Waals surface area contributed by atoms with E-state index >= 15 is 0 Å². The molecule has 5 heteroatoms. The molecule has 0 amide bonds. The molecule has 1 aromatic rings. The van der Waals surface area contributed by atoms with Gasteiger partial charge in [0.05, 0.1) is 28.9 Å². The molecule has 2 bridgehead atoms. The van der Waals surface area contributed by atoms with Crippen LogP contribution in [-0.4, -0.2) is 25.3 Å². The van der Waals surface area contributed by atoms with Gasteiger partial charge in [-0.2, -0.15) is 0 Å². The van der Waals surface area contributed by atoms with Crippen LogP contribution in [0.4, 0.5) is 14.5 Å². The Kier molecular flexibility index (Phi) is 2.40. The minimum atomic E-state index is -0.818. The lowest BCUT2D eigenvalue weighted by atomic mass is 10.2. The third kappa shape index (κ3) is 1.45. The summed E-state index contributed by atoms with van der Waals surface area (Å²) in [5.74, 6) is -1.59. The zero-order valence-electron chi connectivity index (χ0n) is 8.42. The van der Waals surface area contributed by atoms with Crippen molar-refractivity contribution in [3.63, 3.8) is 0 Å². The number of halogens is 3. The average Bonchev–Trinajstić information content (AvgIpc) is 2.88. The molecule has 0 aliphatic carbocycles. The lowest BCUT2D eigenvalue weighted by Gasteiger charge is -2.29. The summed E-state index contributed by atoms with van der Waals surface area (Å²) < 4.78 is 32.8. The van der Waals surface area contributed by atoms with Gasteiger partial charge in [0, 0.05) is 6.54 Å². The number of rotatable bonds is 1. The summed E-state index contributed by atoms with van der Waals surface area (Å²) in [4.78, 5) is 1.90. The molecule has 2 atom stereocenters.